The second kappa shape index (κ2) is 6.08. The second-order valence-corrected chi connectivity index (χ2v) is 6.98. The maximum Gasteiger partial charge on any atom is 0.368 e. The number of aryl methyl sites for hydroxylation is 1. The third-order valence-corrected chi connectivity index (χ3v) is 4.72. The van der Waals surface area contributed by atoms with E-state index in [1.54, 1.807) is 27.7 Å². The van der Waals surface area contributed by atoms with Crippen molar-refractivity contribution >= 4 is 12.9 Å². The van der Waals surface area contributed by atoms with Crippen molar-refractivity contribution in [2.45, 2.75) is 39.9 Å². The first kappa shape index (κ1) is 16.9. The van der Waals surface area contributed by atoms with Gasteiger partial charge in [-0.25, -0.2) is 4.79 Å². The highest BCUT2D eigenvalue weighted by Gasteiger charge is 2.34. The number of aromatic nitrogens is 2. The maximum atomic E-state index is 12.9. The predicted octanol–water partition coefficient (Wildman–Crippen LogP) is 0.752. The van der Waals surface area contributed by atoms with Crippen molar-refractivity contribution < 1.29 is 13.6 Å². The van der Waals surface area contributed by atoms with E-state index in [1.807, 2.05) is 0 Å². The lowest BCUT2D eigenvalue weighted by Gasteiger charge is -2.22. The topological polar surface area (TPSA) is 79.5 Å². The number of rotatable bonds is 5. The smallest absolute Gasteiger partial charge is 0.303 e. The van der Waals surface area contributed by atoms with Crippen LogP contribution in [0.3, 0.4) is 0 Å². The molecule has 1 heterocycles. The van der Waals surface area contributed by atoms with E-state index < -0.39 is 18.8 Å². The zero-order chi connectivity index (χ0) is 15.7. The highest BCUT2D eigenvalue weighted by molar-refractivity contribution is 7.62. The molecule has 0 saturated heterocycles. The Morgan fingerprint density at radius 1 is 1.05 bits per heavy atom. The van der Waals surface area contributed by atoms with E-state index in [1.165, 1.54) is 24.9 Å². The van der Waals surface area contributed by atoms with Crippen molar-refractivity contribution in [2.75, 3.05) is 0 Å². The molecular formula is C12H21N2O5P. The summed E-state index contributed by atoms with van der Waals surface area (Å²) < 4.78 is 25.7. The lowest BCUT2D eigenvalue weighted by Crippen LogP contribution is -2.45. The Labute approximate surface area is 117 Å². The van der Waals surface area contributed by atoms with Gasteiger partial charge in [-0.2, -0.15) is 0 Å². The van der Waals surface area contributed by atoms with Crippen LogP contribution in [0.4, 0.5) is 0 Å². The molecule has 0 atom stereocenters. The molecule has 8 heteroatoms. The van der Waals surface area contributed by atoms with Crippen molar-refractivity contribution in [2.24, 2.45) is 14.1 Å². The van der Waals surface area contributed by atoms with Crippen LogP contribution in [0, 0.1) is 0 Å². The van der Waals surface area contributed by atoms with Gasteiger partial charge in [0.05, 0.1) is 12.2 Å². The minimum absolute atomic E-state index is 0.135. The third-order valence-electron chi connectivity index (χ3n) is 2.42. The predicted molar refractivity (Wildman–Crippen MR) is 76.6 cm³/mol. The van der Waals surface area contributed by atoms with E-state index in [2.05, 4.69) is 0 Å². The van der Waals surface area contributed by atoms with E-state index in [0.29, 0.717) is 0 Å². The molecule has 20 heavy (non-hydrogen) atoms. The van der Waals surface area contributed by atoms with E-state index >= 15 is 0 Å². The van der Waals surface area contributed by atoms with Gasteiger partial charge in [0.15, 0.2) is 0 Å². The standard InChI is InChI=1S/C12H21N2O5P/c1-8(2)18-20(17,19-9(3)4)10-7-13(5)12(16)14(6)11(10)15/h7-9H,1-6H3. The molecule has 7 nitrogen and oxygen atoms in total. The molecule has 0 amide bonds. The van der Waals surface area contributed by atoms with Crippen LogP contribution >= 0.6 is 7.60 Å². The van der Waals surface area contributed by atoms with Crippen LogP contribution in [-0.4, -0.2) is 21.3 Å². The van der Waals surface area contributed by atoms with Crippen molar-refractivity contribution in [3.63, 3.8) is 0 Å². The van der Waals surface area contributed by atoms with Crippen LogP contribution in [0.1, 0.15) is 27.7 Å². The summed E-state index contributed by atoms with van der Waals surface area (Å²) in [5.41, 5.74) is -1.17. The van der Waals surface area contributed by atoms with Gasteiger partial charge in [-0.15, -0.1) is 0 Å². The second-order valence-electron chi connectivity index (χ2n) is 5.08. The Balaban J connectivity index is 3.54. The largest absolute Gasteiger partial charge is 0.368 e. The van der Waals surface area contributed by atoms with Crippen LogP contribution in [0.25, 0.3) is 0 Å². The van der Waals surface area contributed by atoms with Gasteiger partial charge in [-0.3, -0.25) is 13.9 Å². The fraction of sp³-hybridized carbons (Fsp3) is 0.667. The minimum Gasteiger partial charge on any atom is -0.303 e. The zero-order valence-electron chi connectivity index (χ0n) is 12.6. The van der Waals surface area contributed by atoms with Crippen LogP contribution in [-0.2, 0) is 27.7 Å². The fourth-order valence-electron chi connectivity index (χ4n) is 1.67. The van der Waals surface area contributed by atoms with E-state index in [0.717, 1.165) is 4.57 Å². The Morgan fingerprint density at radius 3 is 1.90 bits per heavy atom. The summed E-state index contributed by atoms with van der Waals surface area (Å²) in [5.74, 6) is 0. The lowest BCUT2D eigenvalue weighted by atomic mass is 10.5. The fourth-order valence-corrected chi connectivity index (χ4v) is 3.76. The average Bonchev–Trinajstić information content (AvgIpc) is 2.28. The summed E-state index contributed by atoms with van der Waals surface area (Å²) in [7, 11) is -0.993. The molecule has 0 aliphatic carbocycles. The molecule has 0 aliphatic heterocycles. The zero-order valence-corrected chi connectivity index (χ0v) is 13.5. The molecule has 114 valence electrons. The Bertz CT molecular complexity index is 630. The molecule has 0 spiro atoms. The average molecular weight is 304 g/mol. The van der Waals surface area contributed by atoms with Gasteiger partial charge in [0, 0.05) is 20.3 Å². The van der Waals surface area contributed by atoms with Crippen LogP contribution in [0.15, 0.2) is 15.8 Å². The van der Waals surface area contributed by atoms with Gasteiger partial charge in [0.25, 0.3) is 5.56 Å². The Morgan fingerprint density at radius 2 is 1.50 bits per heavy atom. The number of nitrogens with zero attached hydrogens (tertiary/aromatic N) is 2. The molecular weight excluding hydrogens is 283 g/mol. The molecule has 0 radical (unpaired) electrons. The highest BCUT2D eigenvalue weighted by Crippen LogP contribution is 2.48. The SMILES string of the molecule is CC(C)OP(=O)(OC(C)C)c1cn(C)c(=O)n(C)c1=O. The molecule has 0 N–H and O–H groups in total. The molecule has 0 aliphatic rings. The van der Waals surface area contributed by atoms with Gasteiger partial charge in [-0.1, -0.05) is 0 Å². The van der Waals surface area contributed by atoms with Gasteiger partial charge >= 0.3 is 13.3 Å². The van der Waals surface area contributed by atoms with Gasteiger partial charge in [0.2, 0.25) is 0 Å². The summed E-state index contributed by atoms with van der Waals surface area (Å²) in [6, 6.07) is 0. The molecule has 0 fully saturated rings. The summed E-state index contributed by atoms with van der Waals surface area (Å²) in [6.45, 7) is 6.79. The van der Waals surface area contributed by atoms with Crippen molar-refractivity contribution in [1.29, 1.82) is 0 Å². The molecule has 1 aromatic heterocycles. The third kappa shape index (κ3) is 3.48. The first-order valence-electron chi connectivity index (χ1n) is 6.32. The molecule has 1 aromatic rings. The van der Waals surface area contributed by atoms with E-state index in [-0.39, 0.29) is 17.5 Å². The van der Waals surface area contributed by atoms with Crippen LogP contribution < -0.4 is 16.6 Å². The van der Waals surface area contributed by atoms with E-state index in [4.69, 9.17) is 9.05 Å². The molecule has 0 unspecified atom stereocenters. The first-order valence-corrected chi connectivity index (χ1v) is 7.87. The number of hydrogen-bond donors (Lipinski definition) is 0. The number of hydrogen-bond acceptors (Lipinski definition) is 5. The van der Waals surface area contributed by atoms with Gasteiger partial charge < -0.3 is 13.6 Å². The van der Waals surface area contributed by atoms with Crippen molar-refractivity contribution in [3.8, 4) is 0 Å². The van der Waals surface area contributed by atoms with Gasteiger partial charge in [0.1, 0.15) is 5.30 Å². The highest BCUT2D eigenvalue weighted by atomic mass is 31.2. The molecule has 0 saturated carbocycles. The van der Waals surface area contributed by atoms with Gasteiger partial charge in [-0.05, 0) is 27.7 Å². The quantitative estimate of drug-likeness (QED) is 0.750. The summed E-state index contributed by atoms with van der Waals surface area (Å²) in [6.07, 6.45) is 0.444. The minimum atomic E-state index is -3.79. The Kier molecular flexibility index (Phi) is 5.13. The monoisotopic (exact) mass is 304 g/mol. The van der Waals surface area contributed by atoms with E-state index in [9.17, 15) is 14.2 Å². The van der Waals surface area contributed by atoms with Crippen LogP contribution in [0.2, 0.25) is 0 Å². The summed E-state index contributed by atoms with van der Waals surface area (Å²) >= 11 is 0. The summed E-state index contributed by atoms with van der Waals surface area (Å²) in [5, 5.41) is -0.135. The maximum absolute atomic E-state index is 12.9. The molecule has 0 aromatic carbocycles. The molecule has 1 rings (SSSR count). The van der Waals surface area contributed by atoms with Crippen molar-refractivity contribution in [1.82, 2.24) is 9.13 Å². The normalized spacial score (nSPS) is 12.4. The first-order chi connectivity index (χ1) is 9.08. The Hall–Kier alpha value is -1.17. The van der Waals surface area contributed by atoms with Crippen molar-refractivity contribution in [3.05, 3.63) is 27.0 Å². The summed E-state index contributed by atoms with van der Waals surface area (Å²) in [4.78, 5) is 23.8. The lowest BCUT2D eigenvalue weighted by molar-refractivity contribution is 0.150. The molecule has 0 bridgehead atoms. The van der Waals surface area contributed by atoms with Crippen LogP contribution in [0.5, 0.6) is 0 Å².